The van der Waals surface area contributed by atoms with E-state index in [0.717, 1.165) is 31.7 Å². The van der Waals surface area contributed by atoms with E-state index in [1.54, 1.807) is 37.7 Å². The van der Waals surface area contributed by atoms with Gasteiger partial charge in [0.2, 0.25) is 0 Å². The molecule has 0 aliphatic carbocycles. The molecule has 1 atom stereocenters. The number of unbranched alkanes of at least 4 members (excludes halogenated alkanes) is 1. The summed E-state index contributed by atoms with van der Waals surface area (Å²) in [6.07, 6.45) is 2.25. The summed E-state index contributed by atoms with van der Waals surface area (Å²) in [6.45, 7) is 7.53. The van der Waals surface area contributed by atoms with E-state index < -0.39 is 22.8 Å². The molecule has 1 aliphatic rings. The van der Waals surface area contributed by atoms with Crippen molar-refractivity contribution in [2.45, 2.75) is 39.5 Å². The minimum Gasteiger partial charge on any atom is -0.466 e. The Balaban J connectivity index is 2.47. The zero-order chi connectivity index (χ0) is 25.1. The van der Waals surface area contributed by atoms with E-state index in [4.69, 9.17) is 9.47 Å². The van der Waals surface area contributed by atoms with Crippen LogP contribution in [0.5, 0.6) is 0 Å². The van der Waals surface area contributed by atoms with Gasteiger partial charge in [-0.1, -0.05) is 25.5 Å². The minimum atomic E-state index is -0.856. The molecule has 2 rings (SSSR count). The molecule has 0 radical (unpaired) electrons. The average molecular weight is 492 g/mol. The van der Waals surface area contributed by atoms with Crippen LogP contribution >= 0.6 is 11.8 Å². The van der Waals surface area contributed by atoms with Crippen molar-refractivity contribution >= 4 is 29.4 Å². The second kappa shape index (κ2) is 13.8. The summed E-state index contributed by atoms with van der Waals surface area (Å²) in [6, 6.07) is 5.96. The highest BCUT2D eigenvalue weighted by Crippen LogP contribution is 2.40. The Morgan fingerprint density at radius 1 is 1.21 bits per heavy atom. The zero-order valence-corrected chi connectivity index (χ0v) is 21.0. The van der Waals surface area contributed by atoms with Crippen LogP contribution < -0.4 is 10.6 Å². The first-order valence-corrected chi connectivity index (χ1v) is 12.5. The molecule has 10 heteroatoms. The van der Waals surface area contributed by atoms with E-state index in [0.29, 0.717) is 22.7 Å². The van der Waals surface area contributed by atoms with Crippen LogP contribution in [0, 0.1) is 10.1 Å². The Bertz CT molecular complexity index is 960. The first-order valence-electron chi connectivity index (χ1n) is 11.3. The monoisotopic (exact) mass is 491 g/mol. The third-order valence-electron chi connectivity index (χ3n) is 5.34. The van der Waals surface area contributed by atoms with Gasteiger partial charge in [0.05, 0.1) is 35.7 Å². The normalized spacial score (nSPS) is 15.7. The fraction of sp³-hybridized carbons (Fsp3) is 0.500. The second-order valence-corrected chi connectivity index (χ2v) is 8.81. The Morgan fingerprint density at radius 3 is 2.62 bits per heavy atom. The molecule has 1 unspecified atom stereocenters. The minimum absolute atomic E-state index is 0.129. The van der Waals surface area contributed by atoms with Crippen molar-refractivity contribution < 1.29 is 24.0 Å². The summed E-state index contributed by atoms with van der Waals surface area (Å²) in [5.74, 6) is -0.724. The maximum Gasteiger partial charge on any atom is 0.336 e. The third kappa shape index (κ3) is 7.07. The summed E-state index contributed by atoms with van der Waals surface area (Å²) in [7, 11) is 1.26. The van der Waals surface area contributed by atoms with E-state index >= 15 is 0 Å². The summed E-state index contributed by atoms with van der Waals surface area (Å²) < 4.78 is 10.3. The fourth-order valence-electron chi connectivity index (χ4n) is 3.74. The van der Waals surface area contributed by atoms with E-state index in [-0.39, 0.29) is 23.4 Å². The lowest BCUT2D eigenvalue weighted by Crippen LogP contribution is -2.34. The fourth-order valence-corrected chi connectivity index (χ4v) is 4.60. The van der Waals surface area contributed by atoms with Crippen LogP contribution in [0.25, 0.3) is 0 Å². The van der Waals surface area contributed by atoms with Crippen LogP contribution in [-0.4, -0.2) is 55.2 Å². The number of non-ortho nitro benzene ring substituents is 1. The molecule has 2 N–H and O–H groups in total. The average Bonchev–Trinajstić information content (AvgIpc) is 2.82. The molecule has 0 spiro atoms. The number of carbonyl (C=O) groups excluding carboxylic acids is 2. The Labute approximate surface area is 204 Å². The molecule has 0 saturated carbocycles. The van der Waals surface area contributed by atoms with Gasteiger partial charge >= 0.3 is 11.9 Å². The lowest BCUT2D eigenvalue weighted by Gasteiger charge is -2.31. The van der Waals surface area contributed by atoms with Gasteiger partial charge in [-0.2, -0.15) is 11.8 Å². The highest BCUT2D eigenvalue weighted by Gasteiger charge is 2.39. The zero-order valence-electron chi connectivity index (χ0n) is 20.1. The van der Waals surface area contributed by atoms with Gasteiger partial charge in [0, 0.05) is 41.6 Å². The molecule has 0 fully saturated rings. The number of hydrogen-bond donors (Lipinski definition) is 2. The topological polar surface area (TPSA) is 120 Å². The lowest BCUT2D eigenvalue weighted by atomic mass is 9.80. The third-order valence-corrected chi connectivity index (χ3v) is 6.32. The Hall–Kier alpha value is -2.85. The summed E-state index contributed by atoms with van der Waals surface area (Å²) in [5.41, 5.74) is 1.96. The number of nitrogens with one attached hydrogen (secondary N) is 2. The first kappa shape index (κ1) is 27.4. The molecule has 0 saturated heterocycles. The van der Waals surface area contributed by atoms with Gasteiger partial charge in [-0.15, -0.1) is 0 Å². The number of carbonyl (C=O) groups is 2. The predicted molar refractivity (Wildman–Crippen MR) is 132 cm³/mol. The quantitative estimate of drug-likeness (QED) is 0.184. The van der Waals surface area contributed by atoms with E-state index in [1.807, 2.05) is 0 Å². The van der Waals surface area contributed by atoms with Crippen molar-refractivity contribution in [2.24, 2.45) is 0 Å². The molecular weight excluding hydrogens is 458 g/mol. The maximum atomic E-state index is 13.1. The summed E-state index contributed by atoms with van der Waals surface area (Å²) in [4.78, 5) is 36.8. The number of nitro groups is 1. The van der Waals surface area contributed by atoms with Crippen LogP contribution in [0.1, 0.15) is 45.1 Å². The summed E-state index contributed by atoms with van der Waals surface area (Å²) in [5, 5.41) is 18.0. The molecule has 1 heterocycles. The molecule has 0 amide bonds. The molecule has 0 bridgehead atoms. The number of ether oxygens (including phenoxy) is 2. The predicted octanol–water partition coefficient (Wildman–Crippen LogP) is 3.67. The number of nitrogens with zero attached hydrogens (tertiary/aromatic N) is 1. The smallest absolute Gasteiger partial charge is 0.336 e. The summed E-state index contributed by atoms with van der Waals surface area (Å²) >= 11 is 1.64. The maximum absolute atomic E-state index is 13.1. The van der Waals surface area contributed by atoms with Gasteiger partial charge in [-0.25, -0.2) is 9.59 Å². The van der Waals surface area contributed by atoms with Gasteiger partial charge in [-0.3, -0.25) is 10.1 Å². The Kier molecular flexibility index (Phi) is 11.1. The van der Waals surface area contributed by atoms with Crippen LogP contribution in [0.2, 0.25) is 0 Å². The van der Waals surface area contributed by atoms with Gasteiger partial charge in [0.1, 0.15) is 0 Å². The van der Waals surface area contributed by atoms with E-state index in [2.05, 4.69) is 17.6 Å². The molecular formula is C24H33N3O6S. The van der Waals surface area contributed by atoms with Gasteiger partial charge in [0.25, 0.3) is 5.69 Å². The molecule has 186 valence electrons. The number of rotatable bonds is 13. The first-order chi connectivity index (χ1) is 16.3. The molecule has 0 aromatic heterocycles. The van der Waals surface area contributed by atoms with Crippen LogP contribution in [0.15, 0.2) is 46.8 Å². The molecule has 1 aliphatic heterocycles. The number of dihydropyridines is 1. The number of esters is 2. The SMILES string of the molecule is CCCCNCCSCC1=C(C(=O)OCC)C(c2cccc([N+](=O)[O-])c2)C(C(=O)OC)=C(C)N1. The van der Waals surface area contributed by atoms with Crippen molar-refractivity contribution in [3.8, 4) is 0 Å². The van der Waals surface area contributed by atoms with Crippen molar-refractivity contribution in [1.82, 2.24) is 10.6 Å². The second-order valence-electron chi connectivity index (χ2n) is 7.71. The van der Waals surface area contributed by atoms with Crippen LogP contribution in [-0.2, 0) is 19.1 Å². The molecule has 1 aromatic rings. The lowest BCUT2D eigenvalue weighted by molar-refractivity contribution is -0.384. The highest BCUT2D eigenvalue weighted by molar-refractivity contribution is 7.99. The van der Waals surface area contributed by atoms with E-state index in [9.17, 15) is 19.7 Å². The van der Waals surface area contributed by atoms with Gasteiger partial charge in [-0.05, 0) is 32.4 Å². The van der Waals surface area contributed by atoms with Crippen molar-refractivity contribution in [2.75, 3.05) is 38.3 Å². The number of nitro benzene ring substituents is 1. The molecule has 9 nitrogen and oxygen atoms in total. The highest BCUT2D eigenvalue weighted by atomic mass is 32.2. The van der Waals surface area contributed by atoms with Crippen LogP contribution in [0.4, 0.5) is 5.69 Å². The van der Waals surface area contributed by atoms with Crippen molar-refractivity contribution in [3.05, 3.63) is 62.5 Å². The number of hydrogen-bond acceptors (Lipinski definition) is 9. The molecule has 34 heavy (non-hydrogen) atoms. The number of benzene rings is 1. The van der Waals surface area contributed by atoms with Crippen LogP contribution in [0.3, 0.4) is 0 Å². The van der Waals surface area contributed by atoms with Crippen molar-refractivity contribution in [3.63, 3.8) is 0 Å². The number of thioether (sulfide) groups is 1. The molecule has 1 aromatic carbocycles. The number of methoxy groups -OCH3 is 1. The largest absolute Gasteiger partial charge is 0.466 e. The van der Waals surface area contributed by atoms with Gasteiger partial charge < -0.3 is 20.1 Å². The Morgan fingerprint density at radius 2 is 1.97 bits per heavy atom. The van der Waals surface area contributed by atoms with E-state index in [1.165, 1.54) is 19.2 Å². The standard InChI is InChI=1S/C24H33N3O6S/c1-5-7-11-25-12-13-34-15-19-22(24(29)33-6-2)21(20(16(3)26-19)23(28)32-4)17-9-8-10-18(14-17)27(30)31/h8-10,14,21,25-26H,5-7,11-13,15H2,1-4H3. The van der Waals surface area contributed by atoms with Gasteiger partial charge in [0.15, 0.2) is 0 Å². The van der Waals surface area contributed by atoms with Crippen molar-refractivity contribution in [1.29, 1.82) is 0 Å². The number of allylic oxidation sites excluding steroid dienone is 1.